The van der Waals surface area contributed by atoms with Crippen molar-refractivity contribution in [1.29, 1.82) is 0 Å². The van der Waals surface area contributed by atoms with Crippen molar-refractivity contribution in [2.24, 2.45) is 0 Å². The summed E-state index contributed by atoms with van der Waals surface area (Å²) in [5.74, 6) is 0.839. The van der Waals surface area contributed by atoms with Gasteiger partial charge >= 0.3 is 12.2 Å². The molecule has 1 aromatic heterocycles. The summed E-state index contributed by atoms with van der Waals surface area (Å²) in [6, 6.07) is 3.50. The van der Waals surface area contributed by atoms with Crippen molar-refractivity contribution in [3.8, 4) is 0 Å². The zero-order valence-corrected chi connectivity index (χ0v) is 17.1. The number of amides is 2. The summed E-state index contributed by atoms with van der Waals surface area (Å²) < 4.78 is 9.04. The number of methoxy groups -OCH3 is 2. The van der Waals surface area contributed by atoms with Gasteiger partial charge in [0.2, 0.25) is 0 Å². The number of fused-ring (bicyclic) bond motifs is 1. The van der Waals surface area contributed by atoms with Crippen LogP contribution in [0, 0.1) is 0 Å². The zero-order valence-electron chi connectivity index (χ0n) is 15.5. The van der Waals surface area contributed by atoms with Gasteiger partial charge in [-0.15, -0.1) is 0 Å². The van der Waals surface area contributed by atoms with Crippen molar-refractivity contribution in [1.82, 2.24) is 20.6 Å². The van der Waals surface area contributed by atoms with E-state index in [0.29, 0.717) is 16.9 Å². The number of thiocarbonyl (C=S) groups is 2. The molecule has 1 aromatic carbocycles. The molecule has 1 heterocycles. The number of carbonyl (C=O) groups excluding carboxylic acids is 2. The smallest absolute Gasteiger partial charge is 0.413 e. The maximum Gasteiger partial charge on any atom is 0.413 e. The second kappa shape index (κ2) is 9.80. The van der Waals surface area contributed by atoms with E-state index in [1.54, 1.807) is 12.1 Å². The van der Waals surface area contributed by atoms with Crippen LogP contribution in [-0.4, -0.2) is 46.6 Å². The van der Waals surface area contributed by atoms with Crippen LogP contribution in [0.1, 0.15) is 19.2 Å². The van der Waals surface area contributed by atoms with Crippen molar-refractivity contribution < 1.29 is 19.1 Å². The Kier molecular flexibility index (Phi) is 7.46. The van der Waals surface area contributed by atoms with Gasteiger partial charge in [0.15, 0.2) is 10.2 Å². The molecule has 2 amide bonds. The minimum atomic E-state index is -0.707. The fourth-order valence-electron chi connectivity index (χ4n) is 2.27. The van der Waals surface area contributed by atoms with E-state index in [1.165, 1.54) is 14.2 Å². The second-order valence-electron chi connectivity index (χ2n) is 5.49. The SMILES string of the molecule is CCCc1nc2cc(NC(=S)NC(=O)OC)c(NC(=S)NC(=O)OC)cc2[nH]1. The van der Waals surface area contributed by atoms with Gasteiger partial charge in [-0.05, 0) is 43.0 Å². The molecular formula is C16H20N6O4S2. The molecule has 2 aromatic rings. The van der Waals surface area contributed by atoms with Crippen molar-refractivity contribution in [2.75, 3.05) is 24.9 Å². The second-order valence-corrected chi connectivity index (χ2v) is 6.31. The van der Waals surface area contributed by atoms with Gasteiger partial charge in [0, 0.05) is 6.42 Å². The predicted molar refractivity (Wildman–Crippen MR) is 114 cm³/mol. The molecule has 0 radical (unpaired) electrons. The third-order valence-corrected chi connectivity index (χ3v) is 3.86. The Bertz CT molecular complexity index is 845. The van der Waals surface area contributed by atoms with Crippen LogP contribution in [0.3, 0.4) is 0 Å². The van der Waals surface area contributed by atoms with Gasteiger partial charge < -0.3 is 25.1 Å². The number of aryl methyl sites for hydroxylation is 1. The van der Waals surface area contributed by atoms with Gasteiger partial charge in [-0.3, -0.25) is 10.6 Å². The first-order chi connectivity index (χ1) is 13.4. The average molecular weight is 425 g/mol. The summed E-state index contributed by atoms with van der Waals surface area (Å²) in [6.07, 6.45) is 0.324. The number of carbonyl (C=O) groups is 2. The van der Waals surface area contributed by atoms with E-state index < -0.39 is 12.2 Å². The van der Waals surface area contributed by atoms with Crippen LogP contribution in [-0.2, 0) is 15.9 Å². The third kappa shape index (κ3) is 5.76. The first-order valence-corrected chi connectivity index (χ1v) is 9.02. The number of rotatable bonds is 4. The summed E-state index contributed by atoms with van der Waals surface area (Å²) in [5.41, 5.74) is 2.44. The molecule has 5 N–H and O–H groups in total. The standard InChI is InChI=1S/C16H20N6O4S2/c1-4-5-12-17-8-6-10(19-13(27)21-15(23)25-2)11(7-9(8)18-12)20-14(28)22-16(24)26-3/h6-7H,4-5H2,1-3H3,(H,17,18)(H2,19,21,23,27)(H2,20,22,24,28). The zero-order chi connectivity index (χ0) is 20.7. The van der Waals surface area contributed by atoms with Crippen LogP contribution in [0.25, 0.3) is 11.0 Å². The molecule has 0 atom stereocenters. The molecule has 0 aliphatic carbocycles. The number of nitrogens with zero attached hydrogens (tertiary/aromatic N) is 1. The molecule has 150 valence electrons. The van der Waals surface area contributed by atoms with Gasteiger partial charge in [-0.2, -0.15) is 0 Å². The number of aromatic amines is 1. The molecule has 2 rings (SSSR count). The Morgan fingerprint density at radius 1 is 1.04 bits per heavy atom. The largest absolute Gasteiger partial charge is 0.453 e. The van der Waals surface area contributed by atoms with Crippen molar-refractivity contribution in [2.45, 2.75) is 19.8 Å². The Morgan fingerprint density at radius 2 is 1.57 bits per heavy atom. The molecule has 12 heteroatoms. The third-order valence-electron chi connectivity index (χ3n) is 3.46. The predicted octanol–water partition coefficient (Wildman–Crippen LogP) is 2.62. The van der Waals surface area contributed by atoms with Crippen LogP contribution in [0.2, 0.25) is 0 Å². The summed E-state index contributed by atoms with van der Waals surface area (Å²) in [5, 5.41) is 10.5. The van der Waals surface area contributed by atoms with E-state index in [9.17, 15) is 9.59 Å². The lowest BCUT2D eigenvalue weighted by Gasteiger charge is -2.15. The topological polar surface area (TPSA) is 129 Å². The minimum absolute atomic E-state index is 0.0189. The van der Waals surface area contributed by atoms with E-state index in [4.69, 9.17) is 24.4 Å². The normalized spacial score (nSPS) is 10.1. The molecule has 0 spiro atoms. The number of imidazole rings is 1. The highest BCUT2D eigenvalue weighted by Crippen LogP contribution is 2.28. The average Bonchev–Trinajstić information content (AvgIpc) is 3.02. The molecule has 0 saturated carbocycles. The number of H-pyrrole nitrogens is 1. The Labute approximate surface area is 171 Å². The number of ether oxygens (including phenoxy) is 2. The Morgan fingerprint density at radius 3 is 2.07 bits per heavy atom. The van der Waals surface area contributed by atoms with E-state index in [2.05, 4.69) is 47.6 Å². The van der Waals surface area contributed by atoms with E-state index >= 15 is 0 Å². The summed E-state index contributed by atoms with van der Waals surface area (Å²) in [6.45, 7) is 2.06. The van der Waals surface area contributed by atoms with E-state index in [1.807, 2.05) is 0 Å². The number of alkyl carbamates (subject to hydrolysis) is 2. The molecule has 28 heavy (non-hydrogen) atoms. The molecule has 0 saturated heterocycles. The maximum atomic E-state index is 11.3. The molecular weight excluding hydrogens is 404 g/mol. The van der Waals surface area contributed by atoms with E-state index in [0.717, 1.165) is 24.2 Å². The first-order valence-electron chi connectivity index (χ1n) is 8.20. The molecule has 0 unspecified atom stereocenters. The summed E-state index contributed by atoms with van der Waals surface area (Å²) in [7, 11) is 2.46. The summed E-state index contributed by atoms with van der Waals surface area (Å²) >= 11 is 10.2. The molecule has 0 bridgehead atoms. The number of anilines is 2. The van der Waals surface area contributed by atoms with Crippen LogP contribution in [0.15, 0.2) is 12.1 Å². The van der Waals surface area contributed by atoms with E-state index in [-0.39, 0.29) is 10.2 Å². The van der Waals surface area contributed by atoms with Gasteiger partial charge in [0.1, 0.15) is 5.82 Å². The van der Waals surface area contributed by atoms with Crippen molar-refractivity contribution in [3.05, 3.63) is 18.0 Å². The Hall–Kier alpha value is -2.99. The number of aromatic nitrogens is 2. The molecule has 0 fully saturated rings. The Balaban J connectivity index is 2.33. The van der Waals surface area contributed by atoms with Crippen LogP contribution < -0.4 is 21.3 Å². The first kappa shape index (κ1) is 21.3. The van der Waals surface area contributed by atoms with Gasteiger partial charge in [0.25, 0.3) is 0 Å². The van der Waals surface area contributed by atoms with Gasteiger partial charge in [-0.1, -0.05) is 6.92 Å². The minimum Gasteiger partial charge on any atom is -0.453 e. The highest BCUT2D eigenvalue weighted by Gasteiger charge is 2.14. The van der Waals surface area contributed by atoms with Crippen LogP contribution in [0.4, 0.5) is 21.0 Å². The lowest BCUT2D eigenvalue weighted by molar-refractivity contribution is 0.176. The maximum absolute atomic E-state index is 11.3. The fraction of sp³-hybridized carbons (Fsp3) is 0.312. The molecule has 0 aliphatic heterocycles. The van der Waals surface area contributed by atoms with Crippen molar-refractivity contribution >= 4 is 69.3 Å². The fourth-order valence-corrected chi connectivity index (χ4v) is 2.65. The monoisotopic (exact) mass is 424 g/mol. The number of benzene rings is 1. The van der Waals surface area contributed by atoms with Gasteiger partial charge in [0.05, 0.1) is 36.6 Å². The van der Waals surface area contributed by atoms with Crippen LogP contribution in [0.5, 0.6) is 0 Å². The lowest BCUT2D eigenvalue weighted by Crippen LogP contribution is -2.35. The molecule has 0 aliphatic rings. The number of nitrogens with one attached hydrogen (secondary N) is 5. The number of hydrogen-bond acceptors (Lipinski definition) is 7. The summed E-state index contributed by atoms with van der Waals surface area (Å²) in [4.78, 5) is 30.4. The quantitative estimate of drug-likeness (QED) is 0.470. The highest BCUT2D eigenvalue weighted by atomic mass is 32.1. The lowest BCUT2D eigenvalue weighted by atomic mass is 10.2. The van der Waals surface area contributed by atoms with Crippen molar-refractivity contribution in [3.63, 3.8) is 0 Å². The molecule has 10 nitrogen and oxygen atoms in total. The highest BCUT2D eigenvalue weighted by molar-refractivity contribution is 7.80. The van der Waals surface area contributed by atoms with Crippen LogP contribution >= 0.6 is 24.4 Å². The number of hydrogen-bond donors (Lipinski definition) is 5. The van der Waals surface area contributed by atoms with Gasteiger partial charge in [-0.25, -0.2) is 14.6 Å².